The third-order valence-electron chi connectivity index (χ3n) is 2.14. The Morgan fingerprint density at radius 2 is 2.14 bits per heavy atom. The molecule has 2 heterocycles. The van der Waals surface area contributed by atoms with Crippen molar-refractivity contribution in [1.82, 2.24) is 4.40 Å². The first-order valence-electron chi connectivity index (χ1n) is 4.23. The molecular weight excluding hydrogens is 244 g/mol. The van der Waals surface area contributed by atoms with Gasteiger partial charge in [-0.2, -0.15) is 0 Å². The minimum Gasteiger partial charge on any atom is -0.326 e. The third-order valence-corrected chi connectivity index (χ3v) is 2.81. The number of pyridine rings is 2. The highest BCUT2D eigenvalue weighted by Gasteiger charge is 2.02. The maximum Gasteiger partial charge on any atom is 0.259 e. The van der Waals surface area contributed by atoms with E-state index in [9.17, 15) is 4.79 Å². The second kappa shape index (κ2) is 3.55. The van der Waals surface area contributed by atoms with E-state index in [2.05, 4.69) is 15.9 Å². The molecule has 2 aromatic heterocycles. The average molecular weight is 253 g/mol. The van der Waals surface area contributed by atoms with Gasteiger partial charge in [0.1, 0.15) is 0 Å². The summed E-state index contributed by atoms with van der Waals surface area (Å²) in [5.41, 5.74) is 6.89. The van der Waals surface area contributed by atoms with Crippen molar-refractivity contribution in [3.05, 3.63) is 50.9 Å². The van der Waals surface area contributed by atoms with Gasteiger partial charge in [-0.3, -0.25) is 9.20 Å². The lowest BCUT2D eigenvalue weighted by Gasteiger charge is -2.04. The number of fused-ring (bicyclic) bond motifs is 1. The highest BCUT2D eigenvalue weighted by atomic mass is 79.9. The largest absolute Gasteiger partial charge is 0.326 e. The molecule has 2 rings (SSSR count). The number of hydrogen-bond acceptors (Lipinski definition) is 2. The second-order valence-electron chi connectivity index (χ2n) is 2.98. The van der Waals surface area contributed by atoms with Crippen molar-refractivity contribution >= 4 is 21.4 Å². The lowest BCUT2D eigenvalue weighted by atomic mass is 10.2. The summed E-state index contributed by atoms with van der Waals surface area (Å²) in [7, 11) is 0. The summed E-state index contributed by atoms with van der Waals surface area (Å²) in [4.78, 5) is 11.8. The summed E-state index contributed by atoms with van der Waals surface area (Å²) < 4.78 is 2.49. The van der Waals surface area contributed by atoms with Crippen LogP contribution in [0.1, 0.15) is 5.56 Å². The van der Waals surface area contributed by atoms with E-state index in [1.54, 1.807) is 16.7 Å². The summed E-state index contributed by atoms with van der Waals surface area (Å²) in [6.07, 6.45) is 1.74. The number of rotatable bonds is 1. The Morgan fingerprint density at radius 1 is 1.36 bits per heavy atom. The lowest BCUT2D eigenvalue weighted by Crippen LogP contribution is -2.20. The van der Waals surface area contributed by atoms with Crippen molar-refractivity contribution in [3.8, 4) is 0 Å². The molecule has 0 aliphatic carbocycles. The molecule has 72 valence electrons. The third kappa shape index (κ3) is 1.36. The van der Waals surface area contributed by atoms with Gasteiger partial charge in [-0.1, -0.05) is 6.07 Å². The second-order valence-corrected chi connectivity index (χ2v) is 3.83. The van der Waals surface area contributed by atoms with Crippen LogP contribution in [0, 0.1) is 0 Å². The number of halogens is 1. The van der Waals surface area contributed by atoms with Crippen LogP contribution in [-0.4, -0.2) is 4.40 Å². The molecule has 0 aliphatic heterocycles. The average Bonchev–Trinajstić information content (AvgIpc) is 2.20. The predicted octanol–water partition coefficient (Wildman–Crippen LogP) is 1.52. The van der Waals surface area contributed by atoms with Crippen molar-refractivity contribution in [3.63, 3.8) is 0 Å². The van der Waals surface area contributed by atoms with Gasteiger partial charge in [0.25, 0.3) is 5.56 Å². The molecule has 0 aromatic carbocycles. The van der Waals surface area contributed by atoms with Crippen LogP contribution in [0.5, 0.6) is 0 Å². The van der Waals surface area contributed by atoms with Gasteiger partial charge in [-0.05, 0) is 34.1 Å². The molecule has 0 fully saturated rings. The molecule has 3 nitrogen and oxygen atoms in total. The Kier molecular flexibility index (Phi) is 2.39. The summed E-state index contributed by atoms with van der Waals surface area (Å²) in [5.74, 6) is 0. The van der Waals surface area contributed by atoms with Gasteiger partial charge in [0.15, 0.2) is 0 Å². The standard InChI is InChI=1S/C10H9BrN2O/c11-8-2-1-5-13-9(8)4-3-7(6-12)10(13)14/h1-5H,6,12H2. The minimum absolute atomic E-state index is 0.0497. The maximum atomic E-state index is 11.8. The Bertz CT molecular complexity index is 533. The van der Waals surface area contributed by atoms with Crippen LogP contribution in [0.4, 0.5) is 0 Å². The van der Waals surface area contributed by atoms with Crippen LogP contribution in [0.15, 0.2) is 39.7 Å². The van der Waals surface area contributed by atoms with Crippen LogP contribution in [0.25, 0.3) is 5.52 Å². The Labute approximate surface area is 89.3 Å². The van der Waals surface area contributed by atoms with Gasteiger partial charge in [0.05, 0.1) is 5.52 Å². The molecule has 0 aliphatic rings. The predicted molar refractivity (Wildman–Crippen MR) is 59.3 cm³/mol. The fourth-order valence-electron chi connectivity index (χ4n) is 1.39. The van der Waals surface area contributed by atoms with Gasteiger partial charge in [-0.25, -0.2) is 0 Å². The van der Waals surface area contributed by atoms with E-state index in [0.717, 1.165) is 9.99 Å². The Morgan fingerprint density at radius 3 is 2.86 bits per heavy atom. The fraction of sp³-hybridized carbons (Fsp3) is 0.100. The molecule has 0 saturated heterocycles. The highest BCUT2D eigenvalue weighted by Crippen LogP contribution is 2.15. The first-order valence-corrected chi connectivity index (χ1v) is 5.02. The molecule has 0 spiro atoms. The molecule has 14 heavy (non-hydrogen) atoms. The zero-order chi connectivity index (χ0) is 10.1. The quantitative estimate of drug-likeness (QED) is 0.837. The van der Waals surface area contributed by atoms with E-state index in [0.29, 0.717) is 5.56 Å². The number of nitrogens with zero attached hydrogens (tertiary/aromatic N) is 1. The molecule has 0 unspecified atom stereocenters. The first-order chi connectivity index (χ1) is 6.74. The van der Waals surface area contributed by atoms with Gasteiger partial charge < -0.3 is 5.73 Å². The van der Waals surface area contributed by atoms with Crippen molar-refractivity contribution in [2.45, 2.75) is 6.54 Å². The molecule has 0 radical (unpaired) electrons. The summed E-state index contributed by atoms with van der Waals surface area (Å²) in [5, 5.41) is 0. The van der Waals surface area contributed by atoms with E-state index >= 15 is 0 Å². The molecular formula is C10H9BrN2O. The molecule has 4 heteroatoms. The van der Waals surface area contributed by atoms with Crippen LogP contribution < -0.4 is 11.3 Å². The molecule has 2 N–H and O–H groups in total. The van der Waals surface area contributed by atoms with Crippen molar-refractivity contribution in [2.75, 3.05) is 0 Å². The van der Waals surface area contributed by atoms with Gasteiger partial charge >= 0.3 is 0 Å². The zero-order valence-corrected chi connectivity index (χ0v) is 8.99. The van der Waals surface area contributed by atoms with Crippen LogP contribution in [0.2, 0.25) is 0 Å². The molecule has 0 atom stereocenters. The van der Waals surface area contributed by atoms with E-state index in [1.807, 2.05) is 18.2 Å². The normalized spacial score (nSPS) is 10.7. The van der Waals surface area contributed by atoms with Gasteiger partial charge in [0, 0.05) is 22.8 Å². The summed E-state index contributed by atoms with van der Waals surface area (Å²) in [6.45, 7) is 0.272. The maximum absolute atomic E-state index is 11.8. The fourth-order valence-corrected chi connectivity index (χ4v) is 1.87. The summed E-state index contributed by atoms with van der Waals surface area (Å²) in [6, 6.07) is 7.37. The zero-order valence-electron chi connectivity index (χ0n) is 7.40. The topological polar surface area (TPSA) is 47.5 Å². The van der Waals surface area contributed by atoms with E-state index in [-0.39, 0.29) is 12.1 Å². The van der Waals surface area contributed by atoms with Crippen molar-refractivity contribution in [1.29, 1.82) is 0 Å². The molecule has 0 bridgehead atoms. The van der Waals surface area contributed by atoms with Crippen molar-refractivity contribution < 1.29 is 0 Å². The molecule has 0 amide bonds. The minimum atomic E-state index is -0.0497. The SMILES string of the molecule is NCc1ccc2c(Br)cccn2c1=O. The number of nitrogens with two attached hydrogens (primary N) is 1. The van der Waals surface area contributed by atoms with E-state index in [1.165, 1.54) is 0 Å². The van der Waals surface area contributed by atoms with E-state index < -0.39 is 0 Å². The molecule has 2 aromatic rings. The van der Waals surface area contributed by atoms with Gasteiger partial charge in [-0.15, -0.1) is 0 Å². The number of aromatic nitrogens is 1. The first kappa shape index (κ1) is 9.43. The summed E-state index contributed by atoms with van der Waals surface area (Å²) >= 11 is 3.39. The Hall–Kier alpha value is -1.13. The van der Waals surface area contributed by atoms with Crippen LogP contribution in [-0.2, 0) is 6.54 Å². The molecule has 0 saturated carbocycles. The monoisotopic (exact) mass is 252 g/mol. The Balaban J connectivity index is 2.91. The van der Waals surface area contributed by atoms with Crippen LogP contribution in [0.3, 0.4) is 0 Å². The van der Waals surface area contributed by atoms with Gasteiger partial charge in [0.2, 0.25) is 0 Å². The van der Waals surface area contributed by atoms with E-state index in [4.69, 9.17) is 5.73 Å². The smallest absolute Gasteiger partial charge is 0.259 e. The highest BCUT2D eigenvalue weighted by molar-refractivity contribution is 9.10. The van der Waals surface area contributed by atoms with Crippen LogP contribution >= 0.6 is 15.9 Å². The number of hydrogen-bond donors (Lipinski definition) is 1. The van der Waals surface area contributed by atoms with Crippen molar-refractivity contribution in [2.24, 2.45) is 5.73 Å². The lowest BCUT2D eigenvalue weighted by molar-refractivity contribution is 0.978.